The minimum atomic E-state index is -0.0266. The van der Waals surface area contributed by atoms with Crippen LogP contribution in [0.15, 0.2) is 35.7 Å². The maximum absolute atomic E-state index is 12.4. The van der Waals surface area contributed by atoms with E-state index in [4.69, 9.17) is 10.5 Å². The SMILES string of the molecule is CCOc1ccc(C(=O)N(C)CCc2cccs2)cc1N. The van der Waals surface area contributed by atoms with E-state index in [-0.39, 0.29) is 5.91 Å². The molecule has 0 aliphatic carbocycles. The molecule has 0 aliphatic rings. The fourth-order valence-corrected chi connectivity index (χ4v) is 2.72. The molecule has 5 heteroatoms. The Balaban J connectivity index is 2.00. The van der Waals surface area contributed by atoms with E-state index >= 15 is 0 Å². The Morgan fingerprint density at radius 3 is 2.81 bits per heavy atom. The summed E-state index contributed by atoms with van der Waals surface area (Å²) in [6.07, 6.45) is 0.867. The average Bonchev–Trinajstić information content (AvgIpc) is 2.99. The lowest BCUT2D eigenvalue weighted by molar-refractivity contribution is 0.0797. The monoisotopic (exact) mass is 304 g/mol. The van der Waals surface area contributed by atoms with E-state index < -0.39 is 0 Å². The smallest absolute Gasteiger partial charge is 0.253 e. The molecular weight excluding hydrogens is 284 g/mol. The van der Waals surface area contributed by atoms with Crippen molar-refractivity contribution in [2.75, 3.05) is 25.9 Å². The standard InChI is InChI=1S/C16H20N2O2S/c1-3-20-15-7-6-12(11-14(15)17)16(19)18(2)9-8-13-5-4-10-21-13/h4-7,10-11H,3,8-9,17H2,1-2H3. The number of nitrogen functional groups attached to an aromatic ring is 1. The summed E-state index contributed by atoms with van der Waals surface area (Å²) in [5, 5.41) is 2.05. The Morgan fingerprint density at radius 2 is 2.19 bits per heavy atom. The summed E-state index contributed by atoms with van der Waals surface area (Å²) in [7, 11) is 1.81. The normalized spacial score (nSPS) is 10.4. The lowest BCUT2D eigenvalue weighted by Gasteiger charge is -2.17. The molecule has 0 radical (unpaired) electrons. The third-order valence-corrected chi connectivity index (χ3v) is 4.11. The van der Waals surface area contributed by atoms with E-state index in [0.29, 0.717) is 30.2 Å². The van der Waals surface area contributed by atoms with E-state index in [1.54, 1.807) is 34.4 Å². The van der Waals surface area contributed by atoms with Gasteiger partial charge in [-0.05, 0) is 43.0 Å². The third kappa shape index (κ3) is 3.98. The van der Waals surface area contributed by atoms with Crippen LogP contribution in [0, 0.1) is 0 Å². The second-order valence-electron chi connectivity index (χ2n) is 4.74. The number of rotatable bonds is 6. The van der Waals surface area contributed by atoms with Gasteiger partial charge in [-0.2, -0.15) is 0 Å². The number of anilines is 1. The predicted octanol–water partition coefficient (Wildman–Crippen LogP) is 3.04. The van der Waals surface area contributed by atoms with Gasteiger partial charge in [-0.1, -0.05) is 6.07 Å². The number of thiophene rings is 1. The van der Waals surface area contributed by atoms with Crippen molar-refractivity contribution in [2.24, 2.45) is 0 Å². The summed E-state index contributed by atoms with van der Waals surface area (Å²) < 4.78 is 5.38. The van der Waals surface area contributed by atoms with Gasteiger partial charge in [-0.25, -0.2) is 0 Å². The zero-order valence-corrected chi connectivity index (χ0v) is 13.2. The van der Waals surface area contributed by atoms with Crippen molar-refractivity contribution in [3.05, 3.63) is 46.2 Å². The number of likely N-dealkylation sites (N-methyl/N-ethyl adjacent to an activating group) is 1. The highest BCUT2D eigenvalue weighted by molar-refractivity contribution is 7.09. The van der Waals surface area contributed by atoms with E-state index in [1.807, 2.05) is 25.4 Å². The second-order valence-corrected chi connectivity index (χ2v) is 5.77. The van der Waals surface area contributed by atoms with Gasteiger partial charge in [0.25, 0.3) is 5.91 Å². The predicted molar refractivity (Wildman–Crippen MR) is 87.0 cm³/mol. The van der Waals surface area contributed by atoms with Crippen molar-refractivity contribution in [3.63, 3.8) is 0 Å². The summed E-state index contributed by atoms with van der Waals surface area (Å²) in [5.41, 5.74) is 6.98. The largest absolute Gasteiger partial charge is 0.492 e. The maximum Gasteiger partial charge on any atom is 0.253 e. The first-order valence-corrected chi connectivity index (χ1v) is 7.80. The third-order valence-electron chi connectivity index (χ3n) is 3.18. The number of carbonyl (C=O) groups excluding carboxylic acids is 1. The van der Waals surface area contributed by atoms with Crippen LogP contribution >= 0.6 is 11.3 Å². The van der Waals surface area contributed by atoms with Crippen LogP contribution in [-0.4, -0.2) is 31.0 Å². The van der Waals surface area contributed by atoms with Gasteiger partial charge in [0, 0.05) is 24.0 Å². The van der Waals surface area contributed by atoms with Crippen molar-refractivity contribution < 1.29 is 9.53 Å². The zero-order chi connectivity index (χ0) is 15.2. The topological polar surface area (TPSA) is 55.6 Å². The molecule has 4 nitrogen and oxygen atoms in total. The molecule has 0 saturated heterocycles. The minimum Gasteiger partial charge on any atom is -0.492 e. The van der Waals surface area contributed by atoms with Gasteiger partial charge in [0.2, 0.25) is 0 Å². The van der Waals surface area contributed by atoms with Crippen molar-refractivity contribution in [2.45, 2.75) is 13.3 Å². The molecule has 2 rings (SSSR count). The quantitative estimate of drug-likeness (QED) is 0.835. The Hall–Kier alpha value is -2.01. The lowest BCUT2D eigenvalue weighted by Crippen LogP contribution is -2.28. The number of hydrogen-bond acceptors (Lipinski definition) is 4. The molecule has 1 aromatic heterocycles. The van der Waals surface area contributed by atoms with E-state index in [1.165, 1.54) is 4.88 Å². The van der Waals surface area contributed by atoms with E-state index in [9.17, 15) is 4.79 Å². The molecule has 0 unspecified atom stereocenters. The highest BCUT2D eigenvalue weighted by Crippen LogP contribution is 2.23. The molecule has 0 atom stereocenters. The summed E-state index contributed by atoms with van der Waals surface area (Å²) in [6.45, 7) is 3.14. The van der Waals surface area contributed by atoms with Crippen LogP contribution in [0.3, 0.4) is 0 Å². The average molecular weight is 304 g/mol. The van der Waals surface area contributed by atoms with Crippen LogP contribution in [0.25, 0.3) is 0 Å². The van der Waals surface area contributed by atoms with Crippen molar-refractivity contribution in [1.82, 2.24) is 4.90 Å². The van der Waals surface area contributed by atoms with Crippen LogP contribution in [0.1, 0.15) is 22.2 Å². The Labute approximate surface area is 129 Å². The molecule has 1 heterocycles. The molecule has 1 aromatic carbocycles. The number of nitrogens with zero attached hydrogens (tertiary/aromatic N) is 1. The number of carbonyl (C=O) groups is 1. The fraction of sp³-hybridized carbons (Fsp3) is 0.312. The van der Waals surface area contributed by atoms with Crippen molar-refractivity contribution >= 4 is 22.9 Å². The summed E-state index contributed by atoms with van der Waals surface area (Å²) in [5.74, 6) is 0.594. The molecule has 0 bridgehead atoms. The first-order valence-electron chi connectivity index (χ1n) is 6.92. The maximum atomic E-state index is 12.4. The molecule has 2 aromatic rings. The lowest BCUT2D eigenvalue weighted by atomic mass is 10.1. The summed E-state index contributed by atoms with van der Waals surface area (Å²) in [6, 6.07) is 9.28. The highest BCUT2D eigenvalue weighted by atomic mass is 32.1. The van der Waals surface area contributed by atoms with Crippen LogP contribution in [0.4, 0.5) is 5.69 Å². The zero-order valence-electron chi connectivity index (χ0n) is 12.3. The van der Waals surface area contributed by atoms with Gasteiger partial charge in [0.1, 0.15) is 5.75 Å². The Bertz CT molecular complexity index is 596. The van der Waals surface area contributed by atoms with Gasteiger partial charge in [-0.3, -0.25) is 4.79 Å². The molecule has 1 amide bonds. The Morgan fingerprint density at radius 1 is 1.38 bits per heavy atom. The van der Waals surface area contributed by atoms with Gasteiger partial charge < -0.3 is 15.4 Å². The second kappa shape index (κ2) is 7.13. The number of benzene rings is 1. The van der Waals surface area contributed by atoms with Crippen molar-refractivity contribution in [3.8, 4) is 5.75 Å². The van der Waals surface area contributed by atoms with Crippen LogP contribution in [0.5, 0.6) is 5.75 Å². The minimum absolute atomic E-state index is 0.0266. The van der Waals surface area contributed by atoms with Crippen LogP contribution < -0.4 is 10.5 Å². The van der Waals surface area contributed by atoms with Crippen molar-refractivity contribution in [1.29, 1.82) is 0 Å². The Kier molecular flexibility index (Phi) is 5.22. The molecular formula is C16H20N2O2S. The molecule has 0 spiro atoms. The van der Waals surface area contributed by atoms with Crippen LogP contribution in [0.2, 0.25) is 0 Å². The highest BCUT2D eigenvalue weighted by Gasteiger charge is 2.13. The van der Waals surface area contributed by atoms with Crippen LogP contribution in [-0.2, 0) is 6.42 Å². The van der Waals surface area contributed by atoms with E-state index in [0.717, 1.165) is 6.42 Å². The number of nitrogens with two attached hydrogens (primary N) is 1. The first kappa shape index (κ1) is 15.4. The number of hydrogen-bond donors (Lipinski definition) is 1. The molecule has 112 valence electrons. The number of amides is 1. The summed E-state index contributed by atoms with van der Waals surface area (Å²) >= 11 is 1.71. The van der Waals surface area contributed by atoms with Gasteiger partial charge in [-0.15, -0.1) is 11.3 Å². The van der Waals surface area contributed by atoms with Gasteiger partial charge >= 0.3 is 0 Å². The summed E-state index contributed by atoms with van der Waals surface area (Å²) in [4.78, 5) is 15.4. The molecule has 21 heavy (non-hydrogen) atoms. The fourth-order valence-electron chi connectivity index (χ4n) is 2.02. The van der Waals surface area contributed by atoms with Gasteiger partial charge in [0.05, 0.1) is 12.3 Å². The number of ether oxygens (including phenoxy) is 1. The molecule has 0 fully saturated rings. The van der Waals surface area contributed by atoms with Gasteiger partial charge in [0.15, 0.2) is 0 Å². The molecule has 2 N–H and O–H groups in total. The first-order chi connectivity index (χ1) is 10.1. The molecule has 0 saturated carbocycles. The molecule has 0 aliphatic heterocycles. The van der Waals surface area contributed by atoms with E-state index in [2.05, 4.69) is 6.07 Å².